The van der Waals surface area contributed by atoms with Gasteiger partial charge in [0.15, 0.2) is 0 Å². The lowest BCUT2D eigenvalue weighted by Crippen LogP contribution is -2.38. The van der Waals surface area contributed by atoms with Crippen LogP contribution in [0.5, 0.6) is 0 Å². The Morgan fingerprint density at radius 3 is 2.59 bits per heavy atom. The molecule has 0 saturated carbocycles. The number of carbonyl (C=O) groups is 1. The van der Waals surface area contributed by atoms with Crippen molar-refractivity contribution in [2.45, 2.75) is 32.9 Å². The predicted octanol–water partition coefficient (Wildman–Crippen LogP) is 3.64. The van der Waals surface area contributed by atoms with E-state index >= 15 is 0 Å². The molecule has 1 amide bonds. The van der Waals surface area contributed by atoms with E-state index in [0.717, 1.165) is 27.8 Å². The Labute approximate surface area is 131 Å². The molecular weight excluding hydrogens is 272 g/mol. The fourth-order valence-electron chi connectivity index (χ4n) is 3.10. The van der Waals surface area contributed by atoms with Gasteiger partial charge in [0.05, 0.1) is 12.5 Å². The Hall–Kier alpha value is -2.42. The molecule has 0 radical (unpaired) electrons. The fraction of sp³-hybridized carbons (Fsp3) is 0.263. The number of aryl methyl sites for hydroxylation is 1. The van der Waals surface area contributed by atoms with Crippen molar-refractivity contribution in [3.63, 3.8) is 0 Å². The number of rotatable bonds is 3. The highest BCUT2D eigenvalue weighted by molar-refractivity contribution is 5.84. The van der Waals surface area contributed by atoms with Crippen molar-refractivity contribution in [1.29, 1.82) is 5.41 Å². The van der Waals surface area contributed by atoms with Crippen molar-refractivity contribution in [3.8, 4) is 0 Å². The van der Waals surface area contributed by atoms with Crippen LogP contribution in [0.4, 0.5) is 0 Å². The van der Waals surface area contributed by atoms with Gasteiger partial charge in [-0.15, -0.1) is 0 Å². The lowest BCUT2D eigenvalue weighted by atomic mass is 9.92. The van der Waals surface area contributed by atoms with Crippen molar-refractivity contribution < 1.29 is 4.79 Å². The van der Waals surface area contributed by atoms with Crippen LogP contribution in [0.1, 0.15) is 40.8 Å². The maximum Gasteiger partial charge on any atom is 0.227 e. The molecule has 0 fully saturated rings. The third-order valence-corrected chi connectivity index (χ3v) is 4.50. The lowest BCUT2D eigenvalue weighted by molar-refractivity contribution is -0.134. The Morgan fingerprint density at radius 2 is 1.91 bits per heavy atom. The van der Waals surface area contributed by atoms with Crippen molar-refractivity contribution >= 4 is 12.1 Å². The monoisotopic (exact) mass is 292 g/mol. The lowest BCUT2D eigenvalue weighted by Gasteiger charge is -2.34. The zero-order valence-corrected chi connectivity index (χ0v) is 13.0. The average Bonchev–Trinajstić information content (AvgIpc) is 2.54. The summed E-state index contributed by atoms with van der Waals surface area (Å²) in [6.45, 7) is 4.68. The molecule has 1 N–H and O–H groups in total. The van der Waals surface area contributed by atoms with Gasteiger partial charge >= 0.3 is 0 Å². The summed E-state index contributed by atoms with van der Waals surface area (Å²) in [5.41, 5.74) is 5.40. The van der Waals surface area contributed by atoms with Crippen LogP contribution in [0.25, 0.3) is 0 Å². The first kappa shape index (κ1) is 14.5. The zero-order valence-electron chi connectivity index (χ0n) is 13.0. The number of hydrogen-bond acceptors (Lipinski definition) is 2. The van der Waals surface area contributed by atoms with E-state index in [0.29, 0.717) is 13.0 Å². The molecule has 0 aromatic heterocycles. The highest BCUT2D eigenvalue weighted by Gasteiger charge is 2.27. The van der Waals surface area contributed by atoms with E-state index in [1.165, 1.54) is 6.21 Å². The minimum absolute atomic E-state index is 0.0617. The highest BCUT2D eigenvalue weighted by Crippen LogP contribution is 2.29. The number of benzene rings is 2. The van der Waals surface area contributed by atoms with Gasteiger partial charge in [-0.1, -0.05) is 36.4 Å². The minimum atomic E-state index is 0.0617. The molecule has 112 valence electrons. The third kappa shape index (κ3) is 2.54. The van der Waals surface area contributed by atoms with Crippen LogP contribution in [0.3, 0.4) is 0 Å². The van der Waals surface area contributed by atoms with E-state index in [1.54, 1.807) is 0 Å². The molecule has 3 heteroatoms. The second kappa shape index (κ2) is 5.76. The Kier molecular flexibility index (Phi) is 3.80. The number of carbonyl (C=O) groups excluding carboxylic acids is 1. The SMILES string of the molecule is Cc1cc2c(cc1C=N)CN([C@H](C)c1ccccc1)C(=O)C2. The van der Waals surface area contributed by atoms with Gasteiger partial charge in [0.1, 0.15) is 0 Å². The van der Waals surface area contributed by atoms with Gasteiger partial charge in [0.2, 0.25) is 5.91 Å². The van der Waals surface area contributed by atoms with Crippen LogP contribution in [-0.4, -0.2) is 17.0 Å². The average molecular weight is 292 g/mol. The van der Waals surface area contributed by atoms with Crippen LogP contribution < -0.4 is 0 Å². The number of nitrogens with one attached hydrogen (secondary N) is 1. The first-order valence-corrected chi connectivity index (χ1v) is 7.57. The molecule has 1 aliphatic heterocycles. The molecule has 2 aromatic rings. The molecule has 3 nitrogen and oxygen atoms in total. The Morgan fingerprint density at radius 1 is 1.18 bits per heavy atom. The quantitative estimate of drug-likeness (QED) is 0.862. The van der Waals surface area contributed by atoms with Gasteiger partial charge < -0.3 is 10.3 Å². The Balaban J connectivity index is 1.93. The zero-order chi connectivity index (χ0) is 15.7. The minimum Gasteiger partial charge on any atom is -0.331 e. The maximum absolute atomic E-state index is 12.5. The highest BCUT2D eigenvalue weighted by atomic mass is 16.2. The summed E-state index contributed by atoms with van der Waals surface area (Å²) in [7, 11) is 0. The number of nitrogens with zero attached hydrogens (tertiary/aromatic N) is 1. The predicted molar refractivity (Wildman–Crippen MR) is 88.2 cm³/mol. The Bertz CT molecular complexity index is 722. The summed E-state index contributed by atoms with van der Waals surface area (Å²) in [5.74, 6) is 0.172. The van der Waals surface area contributed by atoms with Crippen LogP contribution in [0, 0.1) is 12.3 Å². The molecule has 1 heterocycles. The van der Waals surface area contributed by atoms with E-state index in [1.807, 2.05) is 30.0 Å². The number of amides is 1. The van der Waals surface area contributed by atoms with Gasteiger partial charge in [0, 0.05) is 12.8 Å². The summed E-state index contributed by atoms with van der Waals surface area (Å²) < 4.78 is 0. The second-order valence-corrected chi connectivity index (χ2v) is 5.91. The molecule has 0 saturated heterocycles. The molecular formula is C19H20N2O. The standard InChI is InChI=1S/C19H20N2O/c1-13-8-16-10-19(22)21(12-18(16)9-17(13)11-20)14(2)15-6-4-3-5-7-15/h3-9,11,14,20H,10,12H2,1-2H3/t14-/m1/s1. The van der Waals surface area contributed by atoms with Crippen LogP contribution >= 0.6 is 0 Å². The normalized spacial score (nSPS) is 15.4. The van der Waals surface area contributed by atoms with Crippen molar-refractivity contribution in [2.24, 2.45) is 0 Å². The smallest absolute Gasteiger partial charge is 0.227 e. The van der Waals surface area contributed by atoms with Gasteiger partial charge in [-0.3, -0.25) is 4.79 Å². The van der Waals surface area contributed by atoms with E-state index in [-0.39, 0.29) is 11.9 Å². The topological polar surface area (TPSA) is 44.2 Å². The summed E-state index contributed by atoms with van der Waals surface area (Å²) >= 11 is 0. The van der Waals surface area contributed by atoms with Crippen LogP contribution in [-0.2, 0) is 17.8 Å². The maximum atomic E-state index is 12.5. The second-order valence-electron chi connectivity index (χ2n) is 5.91. The van der Waals surface area contributed by atoms with Crippen LogP contribution in [0.15, 0.2) is 42.5 Å². The van der Waals surface area contributed by atoms with Gasteiger partial charge in [-0.25, -0.2) is 0 Å². The fourth-order valence-corrected chi connectivity index (χ4v) is 3.10. The molecule has 22 heavy (non-hydrogen) atoms. The largest absolute Gasteiger partial charge is 0.331 e. The van der Waals surface area contributed by atoms with Crippen molar-refractivity contribution in [3.05, 3.63) is 70.3 Å². The van der Waals surface area contributed by atoms with Gasteiger partial charge in [-0.2, -0.15) is 0 Å². The van der Waals surface area contributed by atoms with E-state index in [4.69, 9.17) is 5.41 Å². The molecule has 2 aromatic carbocycles. The van der Waals surface area contributed by atoms with E-state index in [9.17, 15) is 4.79 Å². The van der Waals surface area contributed by atoms with E-state index in [2.05, 4.69) is 31.2 Å². The third-order valence-electron chi connectivity index (χ3n) is 4.50. The molecule has 0 spiro atoms. The molecule has 3 rings (SSSR count). The summed E-state index contributed by atoms with van der Waals surface area (Å²) in [4.78, 5) is 14.4. The van der Waals surface area contributed by atoms with E-state index < -0.39 is 0 Å². The van der Waals surface area contributed by atoms with Crippen molar-refractivity contribution in [1.82, 2.24) is 4.90 Å². The van der Waals surface area contributed by atoms with Gasteiger partial charge in [0.25, 0.3) is 0 Å². The summed E-state index contributed by atoms with van der Waals surface area (Å²) in [5, 5.41) is 7.51. The molecule has 0 aliphatic carbocycles. The first-order valence-electron chi connectivity index (χ1n) is 7.57. The van der Waals surface area contributed by atoms with Gasteiger partial charge in [-0.05, 0) is 47.7 Å². The molecule has 1 atom stereocenters. The van der Waals surface area contributed by atoms with Crippen molar-refractivity contribution in [2.75, 3.05) is 0 Å². The first-order chi connectivity index (χ1) is 10.6. The summed E-state index contributed by atoms with van der Waals surface area (Å²) in [6.07, 6.45) is 1.84. The number of fused-ring (bicyclic) bond motifs is 1. The molecule has 0 unspecified atom stereocenters. The number of hydrogen-bond donors (Lipinski definition) is 1. The summed E-state index contributed by atoms with van der Waals surface area (Å²) in [6, 6.07) is 14.3. The van der Waals surface area contributed by atoms with Crippen LogP contribution in [0.2, 0.25) is 0 Å². The molecule has 1 aliphatic rings. The molecule has 0 bridgehead atoms.